The van der Waals surface area contributed by atoms with Crippen molar-refractivity contribution in [1.82, 2.24) is 15.0 Å². The van der Waals surface area contributed by atoms with Crippen LogP contribution in [0.5, 0.6) is 0 Å². The highest BCUT2D eigenvalue weighted by Crippen LogP contribution is 2.45. The number of aliphatic hydroxyl groups is 1. The lowest BCUT2D eigenvalue weighted by molar-refractivity contribution is -0.136. The van der Waals surface area contributed by atoms with Crippen LogP contribution in [0.25, 0.3) is 21.5 Å². The van der Waals surface area contributed by atoms with E-state index < -0.39 is 22.5 Å². The molecule has 0 amide bonds. The van der Waals surface area contributed by atoms with Crippen LogP contribution in [0.1, 0.15) is 24.8 Å². The molecule has 0 radical (unpaired) electrons. The SMILES string of the molecule is Nc1c([S@](=O)C2CCC2)sc2nc(-c3cnc(NCCO)nc3)cc(C(F)(F)F)c12. The molecule has 0 bridgehead atoms. The molecule has 12 heteroatoms. The maximum Gasteiger partial charge on any atom is 0.417 e. The van der Waals surface area contributed by atoms with Crippen LogP contribution >= 0.6 is 11.3 Å². The van der Waals surface area contributed by atoms with E-state index in [2.05, 4.69) is 20.3 Å². The summed E-state index contributed by atoms with van der Waals surface area (Å²) in [5.41, 5.74) is 5.35. The number of pyridine rings is 1. The number of aliphatic hydroxyl groups excluding tert-OH is 1. The first-order chi connectivity index (χ1) is 14.3. The number of hydrogen-bond donors (Lipinski definition) is 3. The lowest BCUT2D eigenvalue weighted by atomic mass is 10.0. The first kappa shape index (κ1) is 20.9. The molecule has 1 atom stereocenters. The molecule has 0 saturated heterocycles. The van der Waals surface area contributed by atoms with Crippen molar-refractivity contribution in [3.05, 3.63) is 24.0 Å². The molecule has 30 heavy (non-hydrogen) atoms. The van der Waals surface area contributed by atoms with Gasteiger partial charge in [0.25, 0.3) is 0 Å². The van der Waals surface area contributed by atoms with Gasteiger partial charge in [-0.3, -0.25) is 4.21 Å². The lowest BCUT2D eigenvalue weighted by Crippen LogP contribution is -2.23. The predicted molar refractivity (Wildman–Crippen MR) is 110 cm³/mol. The van der Waals surface area contributed by atoms with E-state index in [1.54, 1.807) is 0 Å². The Morgan fingerprint density at radius 2 is 2.00 bits per heavy atom. The molecule has 0 aromatic carbocycles. The van der Waals surface area contributed by atoms with Gasteiger partial charge < -0.3 is 16.2 Å². The minimum atomic E-state index is -4.66. The van der Waals surface area contributed by atoms with Gasteiger partial charge >= 0.3 is 6.18 Å². The predicted octanol–water partition coefficient (Wildman–Crippen LogP) is 3.42. The van der Waals surface area contributed by atoms with Crippen molar-refractivity contribution in [1.29, 1.82) is 0 Å². The summed E-state index contributed by atoms with van der Waals surface area (Å²) < 4.78 is 54.5. The zero-order chi connectivity index (χ0) is 21.5. The Balaban J connectivity index is 1.81. The van der Waals surface area contributed by atoms with E-state index in [0.717, 1.165) is 36.7 Å². The second-order valence-electron chi connectivity index (χ2n) is 6.83. The average Bonchev–Trinajstić information content (AvgIpc) is 3.00. The zero-order valence-corrected chi connectivity index (χ0v) is 17.2. The number of hydrogen-bond acceptors (Lipinski definition) is 8. The van der Waals surface area contributed by atoms with E-state index in [1.807, 2.05) is 0 Å². The van der Waals surface area contributed by atoms with Gasteiger partial charge in [0.2, 0.25) is 5.95 Å². The molecular weight excluding hydrogens is 439 g/mol. The van der Waals surface area contributed by atoms with Crippen LogP contribution in [0.15, 0.2) is 22.7 Å². The molecule has 0 unspecified atom stereocenters. The van der Waals surface area contributed by atoms with Crippen molar-refractivity contribution >= 4 is 44.0 Å². The molecule has 1 aliphatic rings. The van der Waals surface area contributed by atoms with Gasteiger partial charge in [-0.25, -0.2) is 15.0 Å². The summed E-state index contributed by atoms with van der Waals surface area (Å²) in [7, 11) is -1.45. The van der Waals surface area contributed by atoms with Gasteiger partial charge in [0.1, 0.15) is 9.04 Å². The van der Waals surface area contributed by atoms with Gasteiger partial charge in [-0.1, -0.05) is 6.42 Å². The van der Waals surface area contributed by atoms with Crippen LogP contribution in [-0.4, -0.2) is 42.7 Å². The molecule has 1 saturated carbocycles. The number of rotatable bonds is 6. The molecular formula is C18H18F3N5O2S2. The molecule has 0 aliphatic heterocycles. The normalized spacial score (nSPS) is 15.9. The number of aromatic nitrogens is 3. The van der Waals surface area contributed by atoms with Crippen LogP contribution in [-0.2, 0) is 17.0 Å². The van der Waals surface area contributed by atoms with Gasteiger partial charge in [-0.05, 0) is 18.9 Å². The summed E-state index contributed by atoms with van der Waals surface area (Å²) in [5, 5.41) is 11.3. The van der Waals surface area contributed by atoms with Crippen LogP contribution in [0.2, 0.25) is 0 Å². The van der Waals surface area contributed by atoms with Gasteiger partial charge in [0.15, 0.2) is 0 Å². The third-order valence-corrected chi connectivity index (χ3v) is 8.15. The minimum Gasteiger partial charge on any atom is -0.396 e. The van der Waals surface area contributed by atoms with Gasteiger partial charge in [-0.2, -0.15) is 13.2 Å². The lowest BCUT2D eigenvalue weighted by Gasteiger charge is -2.23. The van der Waals surface area contributed by atoms with Gasteiger partial charge in [-0.15, -0.1) is 11.3 Å². The Labute approximate surface area is 176 Å². The van der Waals surface area contributed by atoms with E-state index in [9.17, 15) is 17.4 Å². The molecule has 7 nitrogen and oxygen atoms in total. The second kappa shape index (κ2) is 8.08. The van der Waals surface area contributed by atoms with E-state index in [1.165, 1.54) is 12.4 Å². The Hall–Kier alpha value is -2.31. The van der Waals surface area contributed by atoms with Crippen LogP contribution in [0, 0.1) is 0 Å². The molecule has 3 heterocycles. The van der Waals surface area contributed by atoms with E-state index in [4.69, 9.17) is 10.8 Å². The molecule has 1 fully saturated rings. The third-order valence-electron chi connectivity index (χ3n) is 4.85. The van der Waals surface area contributed by atoms with Crippen molar-refractivity contribution in [2.75, 3.05) is 24.2 Å². The highest BCUT2D eigenvalue weighted by Gasteiger charge is 2.37. The summed E-state index contributed by atoms with van der Waals surface area (Å²) >= 11 is 0.946. The molecule has 160 valence electrons. The van der Waals surface area contributed by atoms with Crippen molar-refractivity contribution in [3.63, 3.8) is 0 Å². The molecule has 4 N–H and O–H groups in total. The fraction of sp³-hybridized carbons (Fsp3) is 0.389. The first-order valence-electron chi connectivity index (χ1n) is 9.17. The fourth-order valence-corrected chi connectivity index (χ4v) is 6.29. The number of nitrogens with one attached hydrogen (secondary N) is 1. The molecule has 1 aliphatic carbocycles. The Kier molecular flexibility index (Phi) is 5.64. The monoisotopic (exact) mass is 457 g/mol. The number of nitrogens with two attached hydrogens (primary N) is 1. The summed E-state index contributed by atoms with van der Waals surface area (Å²) in [6.45, 7) is 0.139. The molecule has 0 spiro atoms. The maximum atomic E-state index is 13.8. The Morgan fingerprint density at radius 1 is 1.30 bits per heavy atom. The zero-order valence-electron chi connectivity index (χ0n) is 15.6. The molecule has 4 rings (SSSR count). The standard InChI is InChI=1S/C18H18F3N5O2S2/c19-18(20,21)11-6-12(9-7-24-17(25-8-9)23-4-5-27)26-15-13(11)14(22)16(29-15)30(28)10-2-1-3-10/h6-8,10,27H,1-5,22H2,(H,23,24,25)/t30-/m1/s1. The number of thiophene rings is 1. The van der Waals surface area contributed by atoms with Crippen LogP contribution in [0.3, 0.4) is 0 Å². The van der Waals surface area contributed by atoms with Crippen molar-refractivity contribution in [3.8, 4) is 11.3 Å². The third kappa shape index (κ3) is 3.86. The van der Waals surface area contributed by atoms with Gasteiger partial charge in [0, 0.05) is 35.1 Å². The quantitative estimate of drug-likeness (QED) is 0.520. The summed E-state index contributed by atoms with van der Waals surface area (Å²) in [6.07, 6.45) is 0.555. The Morgan fingerprint density at radius 3 is 2.57 bits per heavy atom. The van der Waals surface area contributed by atoms with Gasteiger partial charge in [0.05, 0.1) is 34.4 Å². The van der Waals surface area contributed by atoms with Crippen molar-refractivity contribution in [2.45, 2.75) is 34.9 Å². The highest BCUT2D eigenvalue weighted by atomic mass is 32.2. The summed E-state index contributed by atoms with van der Waals surface area (Å²) in [5.74, 6) is 0.239. The number of alkyl halides is 3. The maximum absolute atomic E-state index is 13.8. The van der Waals surface area contributed by atoms with Crippen molar-refractivity contribution < 1.29 is 22.5 Å². The molecule has 3 aromatic rings. The largest absolute Gasteiger partial charge is 0.417 e. The molecule has 3 aromatic heterocycles. The van der Waals surface area contributed by atoms with E-state index >= 15 is 0 Å². The summed E-state index contributed by atoms with van der Waals surface area (Å²) in [6, 6.07) is 0.918. The van der Waals surface area contributed by atoms with E-state index in [-0.39, 0.29) is 50.2 Å². The number of fused-ring (bicyclic) bond motifs is 1. The fourth-order valence-electron chi connectivity index (χ4n) is 3.08. The van der Waals surface area contributed by atoms with Crippen molar-refractivity contribution in [2.24, 2.45) is 0 Å². The Bertz CT molecular complexity index is 1100. The first-order valence-corrected chi connectivity index (χ1v) is 11.2. The minimum absolute atomic E-state index is 0.0470. The highest BCUT2D eigenvalue weighted by molar-refractivity contribution is 7.88. The average molecular weight is 458 g/mol. The number of nitrogen functional groups attached to an aromatic ring is 1. The van der Waals surface area contributed by atoms with E-state index in [0.29, 0.717) is 5.56 Å². The summed E-state index contributed by atoms with van der Waals surface area (Å²) in [4.78, 5) is 12.5. The topological polar surface area (TPSA) is 114 Å². The smallest absolute Gasteiger partial charge is 0.396 e. The van der Waals surface area contributed by atoms with Crippen LogP contribution < -0.4 is 11.1 Å². The number of anilines is 2. The van der Waals surface area contributed by atoms with Crippen LogP contribution in [0.4, 0.5) is 24.8 Å². The number of halogens is 3. The second-order valence-corrected chi connectivity index (χ2v) is 9.76. The number of nitrogens with zero attached hydrogens (tertiary/aromatic N) is 3.